The first-order chi connectivity index (χ1) is 17.8. The number of carbonyl (C=O) groups is 4. The standard InChI is InChI=1S/C31H38O7/c1-17-13-14-23-24(30(23,6)7)15-18(2)28(34)31(38-21(5)33)16-19(3)27(25(31)26(17)36-20(4)32)37-29(35)22-11-9-8-10-12-22/h8-12,15,19,23-27H,1,13-14,16H2,2-7H3/t19?,23?,24?,25?,26?,27?,31-/m1/s1. The normalized spacial score (nSPS) is 34.1. The molecule has 7 atom stereocenters. The minimum Gasteiger partial charge on any atom is -0.458 e. The van der Waals surface area contributed by atoms with E-state index in [-0.39, 0.29) is 29.5 Å². The van der Waals surface area contributed by atoms with Crippen molar-refractivity contribution in [2.45, 2.75) is 78.6 Å². The summed E-state index contributed by atoms with van der Waals surface area (Å²) in [5.74, 6) is -2.89. The number of Topliss-reactive ketones (excluding diaryl/α,β-unsaturated/α-hetero) is 1. The van der Waals surface area contributed by atoms with Crippen LogP contribution >= 0.6 is 0 Å². The van der Waals surface area contributed by atoms with Crippen LogP contribution < -0.4 is 0 Å². The van der Waals surface area contributed by atoms with E-state index in [0.29, 0.717) is 29.0 Å². The van der Waals surface area contributed by atoms with Gasteiger partial charge in [0.2, 0.25) is 5.78 Å². The molecular formula is C31H38O7. The van der Waals surface area contributed by atoms with E-state index in [9.17, 15) is 19.2 Å². The van der Waals surface area contributed by atoms with E-state index in [4.69, 9.17) is 14.2 Å². The minimum atomic E-state index is -1.69. The number of fused-ring (bicyclic) bond motifs is 2. The van der Waals surface area contributed by atoms with E-state index in [1.54, 1.807) is 37.3 Å². The van der Waals surface area contributed by atoms with Gasteiger partial charge in [0.1, 0.15) is 12.2 Å². The summed E-state index contributed by atoms with van der Waals surface area (Å²) in [7, 11) is 0. The molecule has 4 rings (SSSR count). The highest BCUT2D eigenvalue weighted by Crippen LogP contribution is 2.62. The van der Waals surface area contributed by atoms with Crippen LogP contribution in [0.15, 0.2) is 54.1 Å². The van der Waals surface area contributed by atoms with E-state index in [0.717, 1.165) is 6.42 Å². The summed E-state index contributed by atoms with van der Waals surface area (Å²) in [6.07, 6.45) is 1.63. The van der Waals surface area contributed by atoms with Crippen LogP contribution in [0.4, 0.5) is 0 Å². The van der Waals surface area contributed by atoms with Crippen LogP contribution in [0.3, 0.4) is 0 Å². The second-order valence-corrected chi connectivity index (χ2v) is 11.8. The molecule has 7 heteroatoms. The van der Waals surface area contributed by atoms with E-state index in [1.807, 2.05) is 13.0 Å². The van der Waals surface area contributed by atoms with Gasteiger partial charge in [-0.2, -0.15) is 0 Å². The number of esters is 3. The van der Waals surface area contributed by atoms with Gasteiger partial charge < -0.3 is 14.2 Å². The smallest absolute Gasteiger partial charge is 0.338 e. The van der Waals surface area contributed by atoms with Gasteiger partial charge in [-0.25, -0.2) is 4.79 Å². The maximum Gasteiger partial charge on any atom is 0.338 e. The molecule has 0 amide bonds. The molecule has 7 nitrogen and oxygen atoms in total. The quantitative estimate of drug-likeness (QED) is 0.303. The number of hydrogen-bond acceptors (Lipinski definition) is 7. The third-order valence-corrected chi connectivity index (χ3v) is 8.77. The first kappa shape index (κ1) is 27.8. The highest BCUT2D eigenvalue weighted by molar-refractivity contribution is 6.03. The third-order valence-electron chi connectivity index (χ3n) is 8.77. The lowest BCUT2D eigenvalue weighted by Crippen LogP contribution is -2.55. The highest BCUT2D eigenvalue weighted by Gasteiger charge is 2.65. The monoisotopic (exact) mass is 522 g/mol. The average Bonchev–Trinajstić information content (AvgIpc) is 3.24. The molecule has 0 aromatic heterocycles. The number of rotatable bonds is 4. The van der Waals surface area contributed by atoms with Crippen LogP contribution in [0, 0.1) is 29.1 Å². The third kappa shape index (κ3) is 4.95. The molecule has 38 heavy (non-hydrogen) atoms. The molecule has 0 spiro atoms. The molecule has 204 valence electrons. The summed E-state index contributed by atoms with van der Waals surface area (Å²) in [6, 6.07) is 8.56. The van der Waals surface area contributed by atoms with Gasteiger partial charge in [0, 0.05) is 20.3 Å². The van der Waals surface area contributed by atoms with Crippen molar-refractivity contribution in [1.29, 1.82) is 0 Å². The summed E-state index contributed by atoms with van der Waals surface area (Å²) >= 11 is 0. The molecule has 0 aliphatic heterocycles. The lowest BCUT2D eigenvalue weighted by Gasteiger charge is -2.39. The van der Waals surface area contributed by atoms with Gasteiger partial charge in [-0.05, 0) is 66.2 Å². The molecular weight excluding hydrogens is 484 g/mol. The Morgan fingerprint density at radius 1 is 1.03 bits per heavy atom. The molecule has 1 aromatic carbocycles. The summed E-state index contributed by atoms with van der Waals surface area (Å²) in [5.41, 5.74) is -0.203. The Kier molecular flexibility index (Phi) is 7.43. The number of allylic oxidation sites excluding steroid dienone is 1. The Labute approximate surface area is 224 Å². The summed E-state index contributed by atoms with van der Waals surface area (Å²) in [6.45, 7) is 14.8. The Morgan fingerprint density at radius 3 is 2.29 bits per heavy atom. The van der Waals surface area contributed by atoms with Crippen LogP contribution in [0.25, 0.3) is 0 Å². The SMILES string of the molecule is C=C1CCC2C(C=C(C)C(=O)[C@@]3(OC(C)=O)CC(C)C(OC(=O)c4ccccc4)C3C1OC(C)=O)C2(C)C. The molecule has 0 radical (unpaired) electrons. The zero-order valence-corrected chi connectivity index (χ0v) is 23.1. The number of ether oxygens (including phenoxy) is 3. The van der Waals surface area contributed by atoms with E-state index < -0.39 is 41.6 Å². The molecule has 1 aromatic rings. The van der Waals surface area contributed by atoms with E-state index in [1.165, 1.54) is 13.8 Å². The summed E-state index contributed by atoms with van der Waals surface area (Å²) in [5, 5.41) is 0. The topological polar surface area (TPSA) is 96.0 Å². The molecule has 3 aliphatic rings. The van der Waals surface area contributed by atoms with Crippen LogP contribution in [0.5, 0.6) is 0 Å². The van der Waals surface area contributed by atoms with Crippen LogP contribution in [-0.2, 0) is 28.6 Å². The van der Waals surface area contributed by atoms with E-state index >= 15 is 0 Å². The fraction of sp³-hybridized carbons (Fsp3) is 0.548. The molecule has 2 fully saturated rings. The van der Waals surface area contributed by atoms with Gasteiger partial charge in [-0.3, -0.25) is 14.4 Å². The van der Waals surface area contributed by atoms with Gasteiger partial charge in [0.15, 0.2) is 5.60 Å². The molecule has 0 saturated heterocycles. The molecule has 0 N–H and O–H groups in total. The van der Waals surface area contributed by atoms with Crippen molar-refractivity contribution in [3.05, 3.63) is 59.7 Å². The molecule has 6 unspecified atom stereocenters. The van der Waals surface area contributed by atoms with Gasteiger partial charge in [-0.1, -0.05) is 51.6 Å². The molecule has 0 bridgehead atoms. The molecule has 0 heterocycles. The van der Waals surface area contributed by atoms with E-state index in [2.05, 4.69) is 20.4 Å². The summed E-state index contributed by atoms with van der Waals surface area (Å²) < 4.78 is 17.9. The predicted octanol–water partition coefficient (Wildman–Crippen LogP) is 5.24. The van der Waals surface area contributed by atoms with Gasteiger partial charge in [0.25, 0.3) is 0 Å². The van der Waals surface area contributed by atoms with Crippen LogP contribution in [0.1, 0.15) is 71.2 Å². The first-order valence-corrected chi connectivity index (χ1v) is 13.3. The fourth-order valence-electron chi connectivity index (χ4n) is 6.80. The zero-order chi connectivity index (χ0) is 28.0. The van der Waals surface area contributed by atoms with Crippen molar-refractivity contribution in [2.24, 2.45) is 29.1 Å². The Hall–Kier alpha value is -3.22. The lowest BCUT2D eigenvalue weighted by atomic mass is 9.76. The van der Waals surface area contributed by atoms with Crippen LogP contribution in [-0.4, -0.2) is 41.5 Å². The number of hydrogen-bond donors (Lipinski definition) is 0. The van der Waals surface area contributed by atoms with Crippen molar-refractivity contribution in [3.63, 3.8) is 0 Å². The maximum atomic E-state index is 14.3. The van der Waals surface area contributed by atoms with Crippen molar-refractivity contribution in [3.8, 4) is 0 Å². The first-order valence-electron chi connectivity index (χ1n) is 13.3. The Balaban J connectivity index is 1.87. The maximum absolute atomic E-state index is 14.3. The largest absolute Gasteiger partial charge is 0.458 e. The Morgan fingerprint density at radius 2 is 1.68 bits per heavy atom. The van der Waals surface area contributed by atoms with Crippen molar-refractivity contribution < 1.29 is 33.4 Å². The molecule has 3 aliphatic carbocycles. The average molecular weight is 523 g/mol. The van der Waals surface area contributed by atoms with Gasteiger partial charge in [0.05, 0.1) is 11.5 Å². The Bertz CT molecular complexity index is 1180. The number of benzene rings is 1. The predicted molar refractivity (Wildman–Crippen MR) is 141 cm³/mol. The van der Waals surface area contributed by atoms with Crippen molar-refractivity contribution >= 4 is 23.7 Å². The molecule has 2 saturated carbocycles. The summed E-state index contributed by atoms with van der Waals surface area (Å²) in [4.78, 5) is 52.4. The zero-order valence-electron chi connectivity index (χ0n) is 23.1. The van der Waals surface area contributed by atoms with Gasteiger partial charge >= 0.3 is 17.9 Å². The lowest BCUT2D eigenvalue weighted by molar-refractivity contribution is -0.179. The highest BCUT2D eigenvalue weighted by atomic mass is 16.6. The minimum absolute atomic E-state index is 0.0165. The van der Waals surface area contributed by atoms with Gasteiger partial charge in [-0.15, -0.1) is 0 Å². The van der Waals surface area contributed by atoms with Crippen LogP contribution in [0.2, 0.25) is 0 Å². The second-order valence-electron chi connectivity index (χ2n) is 11.8. The van der Waals surface area contributed by atoms with Crippen molar-refractivity contribution in [2.75, 3.05) is 0 Å². The number of carbonyl (C=O) groups excluding carboxylic acids is 4. The van der Waals surface area contributed by atoms with Crippen molar-refractivity contribution in [1.82, 2.24) is 0 Å². The number of ketones is 1. The second kappa shape index (κ2) is 10.2. The fourth-order valence-corrected chi connectivity index (χ4v) is 6.80.